The van der Waals surface area contributed by atoms with Gasteiger partial charge < -0.3 is 19.6 Å². The van der Waals surface area contributed by atoms with Crippen LogP contribution in [-0.2, 0) is 9.53 Å². The summed E-state index contributed by atoms with van der Waals surface area (Å²) >= 11 is 0. The van der Waals surface area contributed by atoms with E-state index in [2.05, 4.69) is 5.32 Å². The van der Waals surface area contributed by atoms with E-state index in [0.717, 1.165) is 0 Å². The summed E-state index contributed by atoms with van der Waals surface area (Å²) in [6.45, 7) is 0.648. The van der Waals surface area contributed by atoms with E-state index >= 15 is 0 Å². The molecule has 2 N–H and O–H groups in total. The van der Waals surface area contributed by atoms with Gasteiger partial charge in [0, 0.05) is 25.3 Å². The quantitative estimate of drug-likeness (QED) is 0.454. The Kier molecular flexibility index (Phi) is 6.09. The number of nitrogens with one attached hydrogen (secondary N) is 1. The molecular weight excluding hydrogens is 324 g/mol. The van der Waals surface area contributed by atoms with Crippen molar-refractivity contribution in [3.05, 3.63) is 53.3 Å². The molecule has 2 aromatic rings. The van der Waals surface area contributed by atoms with Gasteiger partial charge in [-0.1, -0.05) is 12.1 Å². The molecule has 1 heterocycles. The number of hydrogen-bond acceptors (Lipinski definition) is 5. The summed E-state index contributed by atoms with van der Waals surface area (Å²) in [5.74, 6) is -0.674. The number of amides is 1. The molecular formula is C18H16N2O5. The van der Waals surface area contributed by atoms with Gasteiger partial charge in [0.1, 0.15) is 23.2 Å². The first-order chi connectivity index (χ1) is 12.0. The maximum absolute atomic E-state index is 11.9. The Morgan fingerprint density at radius 1 is 1.28 bits per heavy atom. The number of benzene rings is 1. The lowest BCUT2D eigenvalue weighted by Gasteiger charge is -2.02. The zero-order valence-corrected chi connectivity index (χ0v) is 13.5. The zero-order chi connectivity index (χ0) is 18.2. The molecule has 0 aliphatic carbocycles. The maximum Gasteiger partial charge on any atom is 0.335 e. The van der Waals surface area contributed by atoms with Crippen LogP contribution in [0.15, 0.2) is 46.4 Å². The summed E-state index contributed by atoms with van der Waals surface area (Å²) in [5, 5.41) is 20.6. The summed E-state index contributed by atoms with van der Waals surface area (Å²) in [7, 11) is 1.51. The fourth-order valence-electron chi connectivity index (χ4n) is 2.02. The molecule has 128 valence electrons. The lowest BCUT2D eigenvalue weighted by atomic mass is 10.1. The van der Waals surface area contributed by atoms with Crippen LogP contribution in [0.2, 0.25) is 0 Å². The van der Waals surface area contributed by atoms with E-state index in [1.54, 1.807) is 24.3 Å². The Bertz CT molecular complexity index is 828. The highest BCUT2D eigenvalue weighted by Crippen LogP contribution is 2.23. The Labute approximate surface area is 144 Å². The van der Waals surface area contributed by atoms with Gasteiger partial charge in [-0.05, 0) is 24.3 Å². The van der Waals surface area contributed by atoms with Crippen molar-refractivity contribution in [2.75, 3.05) is 20.3 Å². The van der Waals surface area contributed by atoms with E-state index in [-0.39, 0.29) is 11.1 Å². The minimum Gasteiger partial charge on any atom is -0.478 e. The third-order valence-corrected chi connectivity index (χ3v) is 3.29. The van der Waals surface area contributed by atoms with Crippen LogP contribution in [0.3, 0.4) is 0 Å². The van der Waals surface area contributed by atoms with E-state index in [1.807, 2.05) is 6.07 Å². The van der Waals surface area contributed by atoms with Crippen LogP contribution in [0.25, 0.3) is 17.4 Å². The van der Waals surface area contributed by atoms with Gasteiger partial charge >= 0.3 is 5.97 Å². The topological polar surface area (TPSA) is 113 Å². The first-order valence-corrected chi connectivity index (χ1v) is 7.37. The van der Waals surface area contributed by atoms with Gasteiger partial charge in [0.2, 0.25) is 0 Å². The van der Waals surface area contributed by atoms with Gasteiger partial charge in [-0.25, -0.2) is 4.79 Å². The fourth-order valence-corrected chi connectivity index (χ4v) is 2.02. The van der Waals surface area contributed by atoms with Crippen molar-refractivity contribution in [2.24, 2.45) is 0 Å². The van der Waals surface area contributed by atoms with Crippen molar-refractivity contribution in [3.8, 4) is 17.4 Å². The highest BCUT2D eigenvalue weighted by atomic mass is 16.5. The Hall–Kier alpha value is -3.37. The average molecular weight is 340 g/mol. The second kappa shape index (κ2) is 8.47. The molecule has 0 aliphatic rings. The molecule has 1 aromatic heterocycles. The Morgan fingerprint density at radius 3 is 2.60 bits per heavy atom. The number of aromatic carboxylic acids is 1. The number of carbonyl (C=O) groups is 2. The van der Waals surface area contributed by atoms with E-state index in [9.17, 15) is 9.59 Å². The Balaban J connectivity index is 2.15. The number of carboxylic acid groups (broad SMARTS) is 1. The lowest BCUT2D eigenvalue weighted by Crippen LogP contribution is -2.27. The first-order valence-electron chi connectivity index (χ1n) is 7.37. The molecule has 0 saturated heterocycles. The normalized spacial score (nSPS) is 11.0. The molecule has 0 fully saturated rings. The van der Waals surface area contributed by atoms with Gasteiger partial charge in [-0.2, -0.15) is 5.26 Å². The number of nitriles is 1. The minimum atomic E-state index is -1.01. The summed E-state index contributed by atoms with van der Waals surface area (Å²) in [4.78, 5) is 22.7. The van der Waals surface area contributed by atoms with Gasteiger partial charge in [0.15, 0.2) is 0 Å². The molecule has 1 amide bonds. The molecule has 2 rings (SSSR count). The van der Waals surface area contributed by atoms with Crippen molar-refractivity contribution >= 4 is 18.0 Å². The average Bonchev–Trinajstić information content (AvgIpc) is 3.08. The summed E-state index contributed by atoms with van der Waals surface area (Å²) in [6, 6.07) is 11.3. The number of rotatable bonds is 7. The molecule has 7 heteroatoms. The minimum absolute atomic E-state index is 0.0850. The monoisotopic (exact) mass is 340 g/mol. The van der Waals surface area contributed by atoms with Crippen LogP contribution >= 0.6 is 0 Å². The number of hydrogen-bond donors (Lipinski definition) is 2. The molecule has 0 radical (unpaired) electrons. The van der Waals surface area contributed by atoms with Gasteiger partial charge in [0.05, 0.1) is 12.2 Å². The van der Waals surface area contributed by atoms with Crippen molar-refractivity contribution in [3.63, 3.8) is 0 Å². The van der Waals surface area contributed by atoms with Crippen molar-refractivity contribution < 1.29 is 23.8 Å². The molecule has 25 heavy (non-hydrogen) atoms. The van der Waals surface area contributed by atoms with Crippen LogP contribution in [-0.4, -0.2) is 37.2 Å². The number of ether oxygens (including phenoxy) is 1. The second-order valence-corrected chi connectivity index (χ2v) is 5.00. The first kappa shape index (κ1) is 18.0. The van der Waals surface area contributed by atoms with Gasteiger partial charge in [0.25, 0.3) is 5.91 Å². The van der Waals surface area contributed by atoms with E-state index < -0.39 is 11.9 Å². The van der Waals surface area contributed by atoms with Gasteiger partial charge in [-0.3, -0.25) is 4.79 Å². The predicted molar refractivity (Wildman–Crippen MR) is 89.6 cm³/mol. The molecule has 0 saturated carbocycles. The summed E-state index contributed by atoms with van der Waals surface area (Å²) in [6.07, 6.45) is 1.34. The summed E-state index contributed by atoms with van der Waals surface area (Å²) in [5.41, 5.74) is 0.779. The van der Waals surface area contributed by atoms with Crippen LogP contribution in [0.4, 0.5) is 0 Å². The predicted octanol–water partition coefficient (Wildman–Crippen LogP) is 2.31. The van der Waals surface area contributed by atoms with Crippen LogP contribution < -0.4 is 5.32 Å². The molecule has 1 aromatic carbocycles. The number of methoxy groups -OCH3 is 1. The number of carboxylic acids is 1. The molecule has 7 nitrogen and oxygen atoms in total. The van der Waals surface area contributed by atoms with Crippen LogP contribution in [0.1, 0.15) is 16.1 Å². The SMILES string of the molecule is COCCNC(=O)/C(C#N)=C/c1ccc(-c2ccc(C(=O)O)cc2)o1. The van der Waals surface area contributed by atoms with E-state index in [1.165, 1.54) is 25.3 Å². The smallest absolute Gasteiger partial charge is 0.335 e. The molecule has 0 bridgehead atoms. The van der Waals surface area contributed by atoms with Crippen molar-refractivity contribution in [2.45, 2.75) is 0 Å². The zero-order valence-electron chi connectivity index (χ0n) is 13.5. The second-order valence-electron chi connectivity index (χ2n) is 5.00. The maximum atomic E-state index is 11.9. The third-order valence-electron chi connectivity index (χ3n) is 3.29. The number of furan rings is 1. The standard InChI is InChI=1S/C18H16N2O5/c1-24-9-8-20-17(21)14(11-19)10-15-6-7-16(25-15)12-2-4-13(5-3-12)18(22)23/h2-7,10H,8-9H2,1H3,(H,20,21)(H,22,23)/b14-10+. The van der Waals surface area contributed by atoms with Crippen LogP contribution in [0, 0.1) is 11.3 Å². The highest BCUT2D eigenvalue weighted by Gasteiger charge is 2.11. The number of nitrogens with zero attached hydrogens (tertiary/aromatic N) is 1. The largest absolute Gasteiger partial charge is 0.478 e. The van der Waals surface area contributed by atoms with Gasteiger partial charge in [-0.15, -0.1) is 0 Å². The van der Waals surface area contributed by atoms with Crippen LogP contribution in [0.5, 0.6) is 0 Å². The lowest BCUT2D eigenvalue weighted by molar-refractivity contribution is -0.117. The molecule has 0 atom stereocenters. The molecule has 0 aliphatic heterocycles. The molecule has 0 unspecified atom stereocenters. The van der Waals surface area contributed by atoms with E-state index in [0.29, 0.717) is 30.2 Å². The fraction of sp³-hybridized carbons (Fsp3) is 0.167. The summed E-state index contributed by atoms with van der Waals surface area (Å²) < 4.78 is 10.4. The van der Waals surface area contributed by atoms with Crippen molar-refractivity contribution in [1.82, 2.24) is 5.32 Å². The molecule has 0 spiro atoms. The number of carbonyl (C=O) groups excluding carboxylic acids is 1. The Morgan fingerprint density at radius 2 is 2.00 bits per heavy atom. The highest BCUT2D eigenvalue weighted by molar-refractivity contribution is 6.01. The van der Waals surface area contributed by atoms with Crippen molar-refractivity contribution in [1.29, 1.82) is 5.26 Å². The third kappa shape index (κ3) is 4.80. The van der Waals surface area contributed by atoms with E-state index in [4.69, 9.17) is 19.5 Å².